The topological polar surface area (TPSA) is 38.9 Å². The second-order valence-electron chi connectivity index (χ2n) is 2.50. The molecule has 0 aliphatic carbocycles. The minimum Gasteiger partial charge on any atom is -0.332 e. The van der Waals surface area contributed by atoms with Crippen molar-refractivity contribution >= 4 is 27.3 Å². The molecule has 0 N–H and O–H groups in total. The van der Waals surface area contributed by atoms with Crippen LogP contribution in [-0.4, -0.2) is 10.1 Å². The fourth-order valence-corrected chi connectivity index (χ4v) is 2.25. The van der Waals surface area contributed by atoms with Crippen LogP contribution in [0.1, 0.15) is 12.5 Å². The van der Waals surface area contributed by atoms with Crippen LogP contribution < -0.4 is 0 Å². The first-order valence-corrected chi connectivity index (χ1v) is 5.54. The Morgan fingerprint density at radius 1 is 1.62 bits per heavy atom. The molecule has 2 aromatic rings. The average molecular weight is 259 g/mol. The number of rotatable bonds is 2. The quantitative estimate of drug-likeness (QED) is 0.831. The van der Waals surface area contributed by atoms with Crippen LogP contribution in [-0.2, 0) is 6.42 Å². The Kier molecular flexibility index (Phi) is 2.46. The SMILES string of the molecule is CCc1ccsc1-c1nc(Br)no1. The molecule has 0 fully saturated rings. The second kappa shape index (κ2) is 3.59. The zero-order valence-electron chi connectivity index (χ0n) is 6.95. The van der Waals surface area contributed by atoms with Crippen LogP contribution >= 0.6 is 27.3 Å². The molecular formula is C8H7BrN2OS. The van der Waals surface area contributed by atoms with E-state index in [1.54, 1.807) is 11.3 Å². The van der Waals surface area contributed by atoms with Crippen molar-refractivity contribution < 1.29 is 4.52 Å². The number of aryl methyl sites for hydroxylation is 1. The fourth-order valence-electron chi connectivity index (χ4n) is 1.10. The van der Waals surface area contributed by atoms with Crippen molar-refractivity contribution in [1.29, 1.82) is 0 Å². The first kappa shape index (κ1) is 8.90. The molecule has 0 bridgehead atoms. The number of hydrogen-bond acceptors (Lipinski definition) is 4. The summed E-state index contributed by atoms with van der Waals surface area (Å²) in [6.45, 7) is 2.11. The summed E-state index contributed by atoms with van der Waals surface area (Å²) < 4.78 is 5.55. The van der Waals surface area contributed by atoms with Gasteiger partial charge in [0, 0.05) is 0 Å². The highest BCUT2D eigenvalue weighted by Gasteiger charge is 2.11. The highest BCUT2D eigenvalue weighted by Crippen LogP contribution is 2.28. The van der Waals surface area contributed by atoms with Crippen LogP contribution in [0.15, 0.2) is 20.7 Å². The second-order valence-corrected chi connectivity index (χ2v) is 4.12. The Hall–Kier alpha value is -0.680. The van der Waals surface area contributed by atoms with Gasteiger partial charge in [-0.25, -0.2) is 0 Å². The van der Waals surface area contributed by atoms with Gasteiger partial charge in [0.25, 0.3) is 5.89 Å². The predicted octanol–water partition coefficient (Wildman–Crippen LogP) is 3.12. The summed E-state index contributed by atoms with van der Waals surface area (Å²) in [5, 5.41) is 5.72. The summed E-state index contributed by atoms with van der Waals surface area (Å²) in [5.41, 5.74) is 1.25. The van der Waals surface area contributed by atoms with E-state index in [0.29, 0.717) is 10.6 Å². The Morgan fingerprint density at radius 3 is 3.08 bits per heavy atom. The van der Waals surface area contributed by atoms with Crippen LogP contribution in [0.4, 0.5) is 0 Å². The highest BCUT2D eigenvalue weighted by molar-refractivity contribution is 9.10. The van der Waals surface area contributed by atoms with Crippen molar-refractivity contribution in [1.82, 2.24) is 10.1 Å². The molecule has 0 aromatic carbocycles. The number of halogens is 1. The van der Waals surface area contributed by atoms with Crippen molar-refractivity contribution in [3.05, 3.63) is 21.7 Å². The lowest BCUT2D eigenvalue weighted by molar-refractivity contribution is 0.427. The molecule has 0 aliphatic rings. The zero-order valence-corrected chi connectivity index (χ0v) is 9.35. The van der Waals surface area contributed by atoms with Gasteiger partial charge >= 0.3 is 0 Å². The van der Waals surface area contributed by atoms with E-state index < -0.39 is 0 Å². The number of nitrogens with zero attached hydrogens (tertiary/aromatic N) is 2. The summed E-state index contributed by atoms with van der Waals surface area (Å²) in [6.07, 6.45) is 0.985. The maximum atomic E-state index is 5.05. The van der Waals surface area contributed by atoms with Gasteiger partial charge in [-0.05, 0) is 44.5 Å². The van der Waals surface area contributed by atoms with Crippen LogP contribution in [0.2, 0.25) is 0 Å². The summed E-state index contributed by atoms with van der Waals surface area (Å²) >= 11 is 4.78. The number of hydrogen-bond donors (Lipinski definition) is 0. The first-order chi connectivity index (χ1) is 6.31. The van der Waals surface area contributed by atoms with Crippen LogP contribution in [0.25, 0.3) is 10.8 Å². The molecule has 0 saturated heterocycles. The van der Waals surface area contributed by atoms with Crippen molar-refractivity contribution in [3.63, 3.8) is 0 Å². The van der Waals surface area contributed by atoms with E-state index in [4.69, 9.17) is 4.52 Å². The van der Waals surface area contributed by atoms with Crippen molar-refractivity contribution in [2.45, 2.75) is 13.3 Å². The zero-order chi connectivity index (χ0) is 9.26. The van der Waals surface area contributed by atoms with E-state index in [2.05, 4.69) is 39.1 Å². The smallest absolute Gasteiger partial charge is 0.269 e. The van der Waals surface area contributed by atoms with Crippen molar-refractivity contribution in [3.8, 4) is 10.8 Å². The van der Waals surface area contributed by atoms with Crippen molar-refractivity contribution in [2.24, 2.45) is 0 Å². The molecule has 2 heterocycles. The monoisotopic (exact) mass is 258 g/mol. The Bertz CT molecular complexity index is 410. The summed E-state index contributed by atoms with van der Waals surface area (Å²) in [6, 6.07) is 2.08. The van der Waals surface area contributed by atoms with Gasteiger partial charge in [0.2, 0.25) is 4.73 Å². The van der Waals surface area contributed by atoms with Crippen LogP contribution in [0.5, 0.6) is 0 Å². The fraction of sp³-hybridized carbons (Fsp3) is 0.250. The van der Waals surface area contributed by atoms with Crippen LogP contribution in [0, 0.1) is 0 Å². The Balaban J connectivity index is 2.45. The van der Waals surface area contributed by atoms with E-state index in [9.17, 15) is 0 Å². The minimum atomic E-state index is 0.498. The number of aromatic nitrogens is 2. The maximum Gasteiger partial charge on any atom is 0.269 e. The predicted molar refractivity (Wildman–Crippen MR) is 54.7 cm³/mol. The molecule has 0 unspecified atom stereocenters. The lowest BCUT2D eigenvalue weighted by atomic mass is 10.2. The molecule has 2 rings (SSSR count). The first-order valence-electron chi connectivity index (χ1n) is 3.87. The summed E-state index contributed by atoms with van der Waals surface area (Å²) in [7, 11) is 0. The molecule has 68 valence electrons. The molecule has 0 aliphatic heterocycles. The normalized spacial score (nSPS) is 10.6. The minimum absolute atomic E-state index is 0.498. The third-order valence-electron chi connectivity index (χ3n) is 1.72. The third-order valence-corrected chi connectivity index (χ3v) is 2.99. The van der Waals surface area contributed by atoms with Gasteiger partial charge in [0.15, 0.2) is 0 Å². The van der Waals surface area contributed by atoms with E-state index in [-0.39, 0.29) is 0 Å². The van der Waals surface area contributed by atoms with Crippen LogP contribution in [0.3, 0.4) is 0 Å². The molecule has 0 spiro atoms. The van der Waals surface area contributed by atoms with Gasteiger partial charge in [0.05, 0.1) is 4.88 Å². The Labute approximate surface area is 87.9 Å². The molecule has 13 heavy (non-hydrogen) atoms. The maximum absolute atomic E-state index is 5.05. The third kappa shape index (κ3) is 1.66. The molecular weight excluding hydrogens is 252 g/mol. The highest BCUT2D eigenvalue weighted by atomic mass is 79.9. The lowest BCUT2D eigenvalue weighted by Crippen LogP contribution is -1.79. The molecule has 0 saturated carbocycles. The molecule has 0 radical (unpaired) electrons. The Morgan fingerprint density at radius 2 is 2.46 bits per heavy atom. The van der Waals surface area contributed by atoms with Gasteiger partial charge in [-0.1, -0.05) is 6.92 Å². The molecule has 0 atom stereocenters. The molecule has 2 aromatic heterocycles. The molecule has 5 heteroatoms. The average Bonchev–Trinajstić information content (AvgIpc) is 2.71. The van der Waals surface area contributed by atoms with E-state index in [1.165, 1.54) is 5.56 Å². The van der Waals surface area contributed by atoms with Gasteiger partial charge in [-0.2, -0.15) is 4.98 Å². The van der Waals surface area contributed by atoms with E-state index >= 15 is 0 Å². The lowest BCUT2D eigenvalue weighted by Gasteiger charge is -1.92. The molecule has 3 nitrogen and oxygen atoms in total. The molecule has 0 amide bonds. The largest absolute Gasteiger partial charge is 0.332 e. The number of thiophene rings is 1. The van der Waals surface area contributed by atoms with Gasteiger partial charge in [-0.15, -0.1) is 11.3 Å². The van der Waals surface area contributed by atoms with Gasteiger partial charge in [-0.3, -0.25) is 0 Å². The summed E-state index contributed by atoms with van der Waals surface area (Å²) in [4.78, 5) is 5.18. The van der Waals surface area contributed by atoms with Crippen molar-refractivity contribution in [2.75, 3.05) is 0 Å². The summed E-state index contributed by atoms with van der Waals surface area (Å²) in [5.74, 6) is 0.596. The van der Waals surface area contributed by atoms with E-state index in [0.717, 1.165) is 11.3 Å². The van der Waals surface area contributed by atoms with Gasteiger partial charge in [0.1, 0.15) is 0 Å². The van der Waals surface area contributed by atoms with E-state index in [1.807, 2.05) is 5.38 Å². The van der Waals surface area contributed by atoms with Gasteiger partial charge < -0.3 is 4.52 Å². The standard InChI is InChI=1S/C8H7BrN2OS/c1-2-5-3-4-13-6(5)7-10-8(9)11-12-7/h3-4H,2H2,1H3.